The van der Waals surface area contributed by atoms with E-state index >= 15 is 0 Å². The molecule has 34 heavy (non-hydrogen) atoms. The number of carbonyl (C=O) groups is 2. The van der Waals surface area contributed by atoms with Crippen LogP contribution in [0, 0.1) is 34.7 Å². The second-order valence-corrected chi connectivity index (χ2v) is 9.01. The predicted octanol–water partition coefficient (Wildman–Crippen LogP) is 2.60. The van der Waals surface area contributed by atoms with Crippen molar-refractivity contribution in [1.82, 2.24) is 10.2 Å². The van der Waals surface area contributed by atoms with Crippen molar-refractivity contribution in [1.29, 1.82) is 5.26 Å². The van der Waals surface area contributed by atoms with Gasteiger partial charge >= 0.3 is 0 Å². The summed E-state index contributed by atoms with van der Waals surface area (Å²) in [6, 6.07) is 10.1. The Morgan fingerprint density at radius 3 is 2.50 bits per heavy atom. The number of nitrogens with zero attached hydrogens (tertiary/aromatic N) is 2. The van der Waals surface area contributed by atoms with Crippen LogP contribution in [-0.4, -0.2) is 40.9 Å². The summed E-state index contributed by atoms with van der Waals surface area (Å²) in [7, 11) is 0. The summed E-state index contributed by atoms with van der Waals surface area (Å²) in [6.45, 7) is 0. The molecule has 0 bridgehead atoms. The molecular formula is C25H25F3N4O2. The summed E-state index contributed by atoms with van der Waals surface area (Å²) in [5.74, 6) is -4.11. The van der Waals surface area contributed by atoms with E-state index in [1.807, 2.05) is 30.3 Å². The largest absolute Gasteiger partial charge is 0.351 e. The second-order valence-electron chi connectivity index (χ2n) is 9.01. The van der Waals surface area contributed by atoms with Crippen molar-refractivity contribution in [2.24, 2.45) is 11.7 Å². The van der Waals surface area contributed by atoms with Gasteiger partial charge < -0.3 is 16.0 Å². The van der Waals surface area contributed by atoms with E-state index in [1.54, 1.807) is 0 Å². The first-order chi connectivity index (χ1) is 16.3. The standard InChI is InChI=1S/C25H25F3N4O2/c26-19-12-21(28)20(27)9-15(19)7-17(11-24(33)32-18(13-29)8-16-10-23(16)32)31-25(34)22(30)6-14-4-2-1-3-5-14/h1-5,9,12,16-18,22-23H,6-8,10-11,30H2,(H,31,34). The molecule has 6 nitrogen and oxygen atoms in total. The number of nitrogens with two attached hydrogens (primary N) is 1. The van der Waals surface area contributed by atoms with E-state index in [4.69, 9.17) is 5.73 Å². The molecule has 2 aromatic rings. The van der Waals surface area contributed by atoms with E-state index in [9.17, 15) is 28.0 Å². The monoisotopic (exact) mass is 470 g/mol. The highest BCUT2D eigenvalue weighted by atomic mass is 19.2. The fourth-order valence-electron chi connectivity index (χ4n) is 4.68. The molecule has 2 aliphatic rings. The van der Waals surface area contributed by atoms with Gasteiger partial charge in [0.1, 0.15) is 11.9 Å². The maximum Gasteiger partial charge on any atom is 0.237 e. The van der Waals surface area contributed by atoms with Gasteiger partial charge in [0.15, 0.2) is 11.6 Å². The van der Waals surface area contributed by atoms with Gasteiger partial charge in [-0.05, 0) is 48.8 Å². The number of hydrogen-bond donors (Lipinski definition) is 2. The maximum atomic E-state index is 14.3. The molecule has 9 heteroatoms. The lowest BCUT2D eigenvalue weighted by molar-refractivity contribution is -0.133. The molecule has 0 spiro atoms. The predicted molar refractivity (Wildman–Crippen MR) is 117 cm³/mol. The zero-order chi connectivity index (χ0) is 24.4. The van der Waals surface area contributed by atoms with Gasteiger partial charge in [-0.3, -0.25) is 9.59 Å². The van der Waals surface area contributed by atoms with Crippen molar-refractivity contribution in [3.8, 4) is 6.07 Å². The Kier molecular flexibility index (Phi) is 6.89. The number of hydrogen-bond acceptors (Lipinski definition) is 4. The summed E-state index contributed by atoms with van der Waals surface area (Å²) in [5, 5.41) is 12.1. The summed E-state index contributed by atoms with van der Waals surface area (Å²) in [4.78, 5) is 27.4. The van der Waals surface area contributed by atoms with Crippen LogP contribution in [0.2, 0.25) is 0 Å². The number of benzene rings is 2. The Balaban J connectivity index is 1.50. The van der Waals surface area contributed by atoms with Crippen LogP contribution in [0.3, 0.4) is 0 Å². The first-order valence-electron chi connectivity index (χ1n) is 11.2. The van der Waals surface area contributed by atoms with Crippen LogP contribution in [0.4, 0.5) is 13.2 Å². The SMILES string of the molecule is N#CC1CC2CC2N1C(=O)CC(Cc1cc(F)c(F)cc1F)NC(=O)C(N)Cc1ccccc1. The van der Waals surface area contributed by atoms with Crippen molar-refractivity contribution >= 4 is 11.8 Å². The fraction of sp³-hybridized carbons (Fsp3) is 0.400. The van der Waals surface area contributed by atoms with Crippen LogP contribution in [-0.2, 0) is 22.4 Å². The second kappa shape index (κ2) is 9.85. The van der Waals surface area contributed by atoms with E-state index < -0.39 is 41.5 Å². The first-order valence-corrected chi connectivity index (χ1v) is 11.2. The van der Waals surface area contributed by atoms with Crippen molar-refractivity contribution in [2.45, 2.75) is 56.3 Å². The zero-order valence-electron chi connectivity index (χ0n) is 18.4. The molecule has 4 rings (SSSR count). The van der Waals surface area contributed by atoms with Gasteiger partial charge in [0.05, 0.1) is 12.1 Å². The number of halogens is 3. The number of nitriles is 1. The highest BCUT2D eigenvalue weighted by molar-refractivity contribution is 5.84. The Bertz CT molecular complexity index is 1120. The number of carbonyl (C=O) groups excluding carboxylic acids is 2. The molecule has 2 amide bonds. The van der Waals surface area contributed by atoms with Crippen molar-refractivity contribution < 1.29 is 22.8 Å². The van der Waals surface area contributed by atoms with Gasteiger partial charge in [-0.1, -0.05) is 30.3 Å². The minimum absolute atomic E-state index is 0.00819. The molecule has 2 aromatic carbocycles. The lowest BCUT2D eigenvalue weighted by Gasteiger charge is -2.27. The average Bonchev–Trinajstić information content (AvgIpc) is 3.46. The third kappa shape index (κ3) is 5.23. The van der Waals surface area contributed by atoms with E-state index in [0.29, 0.717) is 18.4 Å². The molecule has 3 N–H and O–H groups in total. The third-order valence-electron chi connectivity index (χ3n) is 6.50. The number of amides is 2. The normalized spacial score (nSPS) is 22.4. The van der Waals surface area contributed by atoms with Gasteiger partial charge in [-0.25, -0.2) is 13.2 Å². The molecule has 1 aliphatic heterocycles. The molecule has 0 aromatic heterocycles. The number of fused-ring (bicyclic) bond motifs is 1. The molecule has 1 saturated carbocycles. The molecule has 1 aliphatic carbocycles. The molecule has 178 valence electrons. The summed E-state index contributed by atoms with van der Waals surface area (Å²) in [5.41, 5.74) is 6.73. The van der Waals surface area contributed by atoms with Crippen LogP contribution in [0.15, 0.2) is 42.5 Å². The Hall–Kier alpha value is -3.38. The number of rotatable bonds is 8. The Morgan fingerprint density at radius 2 is 1.79 bits per heavy atom. The van der Waals surface area contributed by atoms with Crippen LogP contribution < -0.4 is 11.1 Å². The van der Waals surface area contributed by atoms with E-state index in [-0.39, 0.29) is 36.8 Å². The molecule has 1 saturated heterocycles. The summed E-state index contributed by atoms with van der Waals surface area (Å²) in [6.07, 6.45) is 1.24. The lowest BCUT2D eigenvalue weighted by Crippen LogP contribution is -2.49. The molecule has 5 atom stereocenters. The first kappa shape index (κ1) is 23.8. The van der Waals surface area contributed by atoms with Crippen molar-refractivity contribution in [2.75, 3.05) is 0 Å². The molecule has 1 heterocycles. The van der Waals surface area contributed by atoms with Crippen LogP contribution in [0.25, 0.3) is 0 Å². The third-order valence-corrected chi connectivity index (χ3v) is 6.50. The van der Waals surface area contributed by atoms with E-state index in [2.05, 4.69) is 11.4 Å². The van der Waals surface area contributed by atoms with Crippen molar-refractivity contribution in [3.63, 3.8) is 0 Å². The van der Waals surface area contributed by atoms with Crippen LogP contribution in [0.5, 0.6) is 0 Å². The smallest absolute Gasteiger partial charge is 0.237 e. The zero-order valence-corrected chi connectivity index (χ0v) is 18.4. The number of nitrogens with one attached hydrogen (secondary N) is 1. The van der Waals surface area contributed by atoms with E-state index in [1.165, 1.54) is 4.90 Å². The average molecular weight is 470 g/mol. The Labute approximate surface area is 195 Å². The summed E-state index contributed by atoms with van der Waals surface area (Å²) >= 11 is 0. The minimum Gasteiger partial charge on any atom is -0.351 e. The molecular weight excluding hydrogens is 445 g/mol. The highest BCUT2D eigenvalue weighted by Crippen LogP contribution is 2.47. The van der Waals surface area contributed by atoms with Gasteiger partial charge in [0.25, 0.3) is 0 Å². The van der Waals surface area contributed by atoms with E-state index in [0.717, 1.165) is 18.1 Å². The van der Waals surface area contributed by atoms with Gasteiger partial charge in [-0.15, -0.1) is 0 Å². The highest BCUT2D eigenvalue weighted by Gasteiger charge is 2.54. The molecule has 5 unspecified atom stereocenters. The van der Waals surface area contributed by atoms with Crippen molar-refractivity contribution in [3.05, 3.63) is 71.0 Å². The van der Waals surface area contributed by atoms with Crippen LogP contribution >= 0.6 is 0 Å². The van der Waals surface area contributed by atoms with Crippen LogP contribution in [0.1, 0.15) is 30.4 Å². The molecule has 2 fully saturated rings. The minimum atomic E-state index is -1.32. The maximum absolute atomic E-state index is 14.3. The summed E-state index contributed by atoms with van der Waals surface area (Å²) < 4.78 is 41.4. The number of likely N-dealkylation sites (tertiary alicyclic amines) is 1. The van der Waals surface area contributed by atoms with Gasteiger partial charge in [0, 0.05) is 24.6 Å². The molecule has 0 radical (unpaired) electrons. The topological polar surface area (TPSA) is 99.2 Å². The quantitative estimate of drug-likeness (QED) is 0.580. The van der Waals surface area contributed by atoms with Gasteiger partial charge in [0.2, 0.25) is 11.8 Å². The van der Waals surface area contributed by atoms with Gasteiger partial charge in [-0.2, -0.15) is 5.26 Å². The Morgan fingerprint density at radius 1 is 1.09 bits per heavy atom. The lowest BCUT2D eigenvalue weighted by atomic mass is 10.00. The fourth-order valence-corrected chi connectivity index (χ4v) is 4.68. The number of piperidine rings is 1.